The fraction of sp³-hybridized carbons (Fsp3) is 0.727. The molecule has 1 unspecified atom stereocenters. The molecule has 2 nitrogen and oxygen atoms in total. The molecule has 2 heteroatoms. The summed E-state index contributed by atoms with van der Waals surface area (Å²) in [7, 11) is 0. The van der Waals surface area contributed by atoms with Gasteiger partial charge >= 0.3 is 0 Å². The molecule has 2 N–H and O–H groups in total. The Labute approximate surface area is 81.4 Å². The van der Waals surface area contributed by atoms with Gasteiger partial charge in [-0.3, -0.25) is 0 Å². The van der Waals surface area contributed by atoms with Crippen molar-refractivity contribution in [2.75, 3.05) is 0 Å². The van der Waals surface area contributed by atoms with Crippen LogP contribution in [0.3, 0.4) is 0 Å². The second-order valence-electron chi connectivity index (χ2n) is 4.05. The van der Waals surface area contributed by atoms with E-state index in [4.69, 9.17) is 11.0 Å². The van der Waals surface area contributed by atoms with E-state index in [2.05, 4.69) is 40.7 Å². The topological polar surface area (TPSA) is 49.8 Å². The van der Waals surface area contributed by atoms with Gasteiger partial charge in [0.15, 0.2) is 0 Å². The molecule has 0 rings (SSSR count). The Kier molecular flexibility index (Phi) is 4.72. The van der Waals surface area contributed by atoms with E-state index in [0.29, 0.717) is 11.8 Å². The summed E-state index contributed by atoms with van der Waals surface area (Å²) in [4.78, 5) is 0. The maximum atomic E-state index is 8.78. The van der Waals surface area contributed by atoms with E-state index < -0.39 is 6.04 Å². The molecule has 0 aromatic heterocycles. The van der Waals surface area contributed by atoms with Crippen LogP contribution in [0.4, 0.5) is 0 Å². The van der Waals surface area contributed by atoms with Crippen LogP contribution in [0.15, 0.2) is 11.1 Å². The van der Waals surface area contributed by atoms with Crippen LogP contribution < -0.4 is 5.73 Å². The van der Waals surface area contributed by atoms with E-state index in [1.807, 2.05) is 0 Å². The maximum Gasteiger partial charge on any atom is 0.115 e. The summed E-state index contributed by atoms with van der Waals surface area (Å²) in [6, 6.07) is 1.66. The number of nitriles is 1. The number of nitrogens with zero attached hydrogens (tertiary/aromatic N) is 1. The van der Waals surface area contributed by atoms with E-state index in [9.17, 15) is 0 Å². The van der Waals surface area contributed by atoms with Crippen LogP contribution in [-0.4, -0.2) is 6.04 Å². The van der Waals surface area contributed by atoms with Crippen LogP contribution in [0.1, 0.15) is 34.6 Å². The Morgan fingerprint density at radius 1 is 1.15 bits per heavy atom. The van der Waals surface area contributed by atoms with Gasteiger partial charge < -0.3 is 5.73 Å². The zero-order valence-corrected chi connectivity index (χ0v) is 9.26. The van der Waals surface area contributed by atoms with Gasteiger partial charge in [0, 0.05) is 0 Å². The zero-order valence-electron chi connectivity index (χ0n) is 9.26. The fourth-order valence-electron chi connectivity index (χ4n) is 1.46. The van der Waals surface area contributed by atoms with E-state index in [1.54, 1.807) is 0 Å². The molecule has 0 aliphatic rings. The summed E-state index contributed by atoms with van der Waals surface area (Å²) in [5.41, 5.74) is 8.09. The number of nitrogens with two attached hydrogens (primary N) is 1. The first-order valence-electron chi connectivity index (χ1n) is 4.77. The number of rotatable bonds is 3. The molecule has 0 aromatic carbocycles. The van der Waals surface area contributed by atoms with Crippen molar-refractivity contribution in [2.24, 2.45) is 17.6 Å². The van der Waals surface area contributed by atoms with Crippen molar-refractivity contribution in [3.63, 3.8) is 0 Å². The highest BCUT2D eigenvalue weighted by molar-refractivity contribution is 5.26. The van der Waals surface area contributed by atoms with E-state index in [-0.39, 0.29) is 0 Å². The molecule has 0 aromatic rings. The first-order valence-corrected chi connectivity index (χ1v) is 4.77. The predicted molar refractivity (Wildman–Crippen MR) is 56.0 cm³/mol. The zero-order chi connectivity index (χ0) is 10.6. The summed E-state index contributed by atoms with van der Waals surface area (Å²) in [5, 5.41) is 8.78. The van der Waals surface area contributed by atoms with Crippen LogP contribution in [0.5, 0.6) is 0 Å². The van der Waals surface area contributed by atoms with Gasteiger partial charge in [-0.1, -0.05) is 33.3 Å². The Hall–Kier alpha value is -0.810. The van der Waals surface area contributed by atoms with Crippen LogP contribution in [-0.2, 0) is 0 Å². The Bertz CT molecular complexity index is 231. The molecule has 0 fully saturated rings. The molecule has 0 saturated heterocycles. The third-order valence-electron chi connectivity index (χ3n) is 2.42. The van der Waals surface area contributed by atoms with E-state index in [1.165, 1.54) is 5.57 Å². The molecule has 0 heterocycles. The van der Waals surface area contributed by atoms with Gasteiger partial charge in [-0.25, -0.2) is 0 Å². The maximum absolute atomic E-state index is 8.78. The highest BCUT2D eigenvalue weighted by Gasteiger charge is 2.16. The molecule has 74 valence electrons. The molecule has 0 aliphatic carbocycles. The third-order valence-corrected chi connectivity index (χ3v) is 2.42. The molecule has 0 saturated carbocycles. The van der Waals surface area contributed by atoms with Crippen molar-refractivity contribution in [1.29, 1.82) is 5.26 Å². The van der Waals surface area contributed by atoms with Crippen molar-refractivity contribution < 1.29 is 0 Å². The van der Waals surface area contributed by atoms with Crippen LogP contribution in [0, 0.1) is 23.2 Å². The molecule has 0 bridgehead atoms. The monoisotopic (exact) mass is 180 g/mol. The fourth-order valence-corrected chi connectivity index (χ4v) is 1.46. The Morgan fingerprint density at radius 3 is 1.85 bits per heavy atom. The molecule has 0 amide bonds. The first-order chi connectivity index (χ1) is 5.91. The van der Waals surface area contributed by atoms with Crippen LogP contribution in [0.2, 0.25) is 0 Å². The van der Waals surface area contributed by atoms with Gasteiger partial charge in [-0.15, -0.1) is 0 Å². The molecular weight excluding hydrogens is 160 g/mol. The summed E-state index contributed by atoms with van der Waals surface area (Å²) in [6.45, 7) is 10.5. The highest BCUT2D eigenvalue weighted by Crippen LogP contribution is 2.22. The normalized spacial score (nSPS) is 15.6. The molecule has 0 radical (unpaired) electrons. The first kappa shape index (κ1) is 12.2. The third kappa shape index (κ3) is 3.20. The van der Waals surface area contributed by atoms with Gasteiger partial charge in [-0.2, -0.15) is 5.26 Å². The van der Waals surface area contributed by atoms with Crippen molar-refractivity contribution in [3.8, 4) is 6.07 Å². The van der Waals surface area contributed by atoms with Gasteiger partial charge in [0.25, 0.3) is 0 Å². The summed E-state index contributed by atoms with van der Waals surface area (Å²) in [5.74, 6) is 0.828. The number of hydrogen-bond donors (Lipinski definition) is 1. The largest absolute Gasteiger partial charge is 0.312 e. The van der Waals surface area contributed by atoms with Gasteiger partial charge in [0.05, 0.1) is 6.07 Å². The Balaban J connectivity index is 5.03. The lowest BCUT2D eigenvalue weighted by atomic mass is 9.87. The van der Waals surface area contributed by atoms with Gasteiger partial charge in [0.1, 0.15) is 6.04 Å². The summed E-state index contributed by atoms with van der Waals surface area (Å²) >= 11 is 0. The number of allylic oxidation sites excluding steroid dienone is 1. The highest BCUT2D eigenvalue weighted by atomic mass is 14.6. The number of hydrogen-bond acceptors (Lipinski definition) is 2. The molecule has 13 heavy (non-hydrogen) atoms. The average molecular weight is 180 g/mol. The van der Waals surface area contributed by atoms with Crippen molar-refractivity contribution in [3.05, 3.63) is 11.1 Å². The quantitative estimate of drug-likeness (QED) is 0.678. The van der Waals surface area contributed by atoms with E-state index in [0.717, 1.165) is 5.57 Å². The molecule has 1 atom stereocenters. The predicted octanol–water partition coefficient (Wildman–Crippen LogP) is 2.47. The minimum Gasteiger partial charge on any atom is -0.312 e. The lowest BCUT2D eigenvalue weighted by Gasteiger charge is -2.20. The lowest BCUT2D eigenvalue weighted by molar-refractivity contribution is 0.650. The SMILES string of the molecule is C/C(=C(/C(C)C)C(N)C#N)C(C)C. The minimum absolute atomic E-state index is 0.358. The second-order valence-corrected chi connectivity index (χ2v) is 4.05. The van der Waals surface area contributed by atoms with E-state index >= 15 is 0 Å². The summed E-state index contributed by atoms with van der Waals surface area (Å²) < 4.78 is 0. The molecule has 0 aliphatic heterocycles. The van der Waals surface area contributed by atoms with Crippen molar-refractivity contribution in [2.45, 2.75) is 40.7 Å². The smallest absolute Gasteiger partial charge is 0.115 e. The Morgan fingerprint density at radius 2 is 1.62 bits per heavy atom. The second kappa shape index (κ2) is 5.04. The van der Waals surface area contributed by atoms with Gasteiger partial charge in [0.2, 0.25) is 0 Å². The van der Waals surface area contributed by atoms with Gasteiger partial charge in [-0.05, 0) is 24.3 Å². The standard InChI is InChI=1S/C11H20N2/c1-7(2)9(5)11(8(3)4)10(13)6-12/h7-8,10H,13H2,1-5H3/b11-9+. The van der Waals surface area contributed by atoms with Crippen LogP contribution >= 0.6 is 0 Å². The average Bonchev–Trinajstić information content (AvgIpc) is 2.03. The molecule has 0 spiro atoms. The minimum atomic E-state index is -0.442. The lowest BCUT2D eigenvalue weighted by Crippen LogP contribution is -2.25. The van der Waals surface area contributed by atoms with Crippen molar-refractivity contribution in [1.82, 2.24) is 0 Å². The van der Waals surface area contributed by atoms with Crippen LogP contribution in [0.25, 0.3) is 0 Å². The molecular formula is C11H20N2. The van der Waals surface area contributed by atoms with Crippen molar-refractivity contribution >= 4 is 0 Å². The summed E-state index contributed by atoms with van der Waals surface area (Å²) in [6.07, 6.45) is 0.